The SMILES string of the molecule is Cl.Cn1c(S(=O)(=O)Nc2ccc(C3CCNCC3)cc2S(C)(=O)=O)cc2cc(F)ccc21. The van der Waals surface area contributed by atoms with E-state index in [1.807, 2.05) is 0 Å². The van der Waals surface area contributed by atoms with E-state index in [4.69, 9.17) is 0 Å². The maximum Gasteiger partial charge on any atom is 0.277 e. The molecule has 1 aliphatic heterocycles. The molecule has 1 aromatic heterocycles. The molecule has 2 aromatic carbocycles. The number of rotatable bonds is 5. The molecule has 0 radical (unpaired) electrons. The van der Waals surface area contributed by atoms with E-state index < -0.39 is 25.7 Å². The average molecular weight is 502 g/mol. The summed E-state index contributed by atoms with van der Waals surface area (Å²) in [5.74, 6) is -0.247. The summed E-state index contributed by atoms with van der Waals surface area (Å²) in [6.07, 6.45) is 2.84. The number of nitrogens with zero attached hydrogens (tertiary/aromatic N) is 1. The van der Waals surface area contributed by atoms with Crippen molar-refractivity contribution < 1.29 is 21.2 Å². The number of hydrogen-bond acceptors (Lipinski definition) is 5. The Kier molecular flexibility index (Phi) is 6.90. The molecule has 0 spiro atoms. The first kappa shape index (κ1) is 24.5. The van der Waals surface area contributed by atoms with Crippen LogP contribution < -0.4 is 10.0 Å². The lowest BCUT2D eigenvalue weighted by Crippen LogP contribution is -2.26. The molecule has 2 heterocycles. The molecule has 1 saturated heterocycles. The fraction of sp³-hybridized carbons (Fsp3) is 0.333. The van der Waals surface area contributed by atoms with Crippen molar-refractivity contribution in [1.82, 2.24) is 9.88 Å². The van der Waals surface area contributed by atoms with Crippen molar-refractivity contribution in [2.24, 2.45) is 7.05 Å². The van der Waals surface area contributed by atoms with E-state index in [2.05, 4.69) is 10.0 Å². The Hall–Kier alpha value is -2.14. The molecule has 0 amide bonds. The van der Waals surface area contributed by atoms with Crippen LogP contribution in [0.15, 0.2) is 52.4 Å². The number of halogens is 2. The molecule has 0 saturated carbocycles. The van der Waals surface area contributed by atoms with Crippen LogP contribution in [0.1, 0.15) is 24.3 Å². The number of benzene rings is 2. The van der Waals surface area contributed by atoms with Crippen molar-refractivity contribution >= 4 is 48.9 Å². The summed E-state index contributed by atoms with van der Waals surface area (Å²) in [4.78, 5) is -0.0584. The minimum atomic E-state index is -4.12. The second-order valence-corrected chi connectivity index (χ2v) is 11.5. The minimum absolute atomic E-state index is 0. The fourth-order valence-electron chi connectivity index (χ4n) is 4.09. The van der Waals surface area contributed by atoms with E-state index >= 15 is 0 Å². The highest BCUT2D eigenvalue weighted by Gasteiger charge is 2.25. The summed E-state index contributed by atoms with van der Waals surface area (Å²) in [7, 11) is -6.25. The molecule has 32 heavy (non-hydrogen) atoms. The first-order chi connectivity index (χ1) is 14.6. The molecular formula is C21H25ClFN3O4S2. The lowest BCUT2D eigenvalue weighted by Gasteiger charge is -2.24. The van der Waals surface area contributed by atoms with Crippen LogP contribution in [-0.2, 0) is 26.9 Å². The number of aryl methyl sites for hydroxylation is 1. The van der Waals surface area contributed by atoms with Gasteiger partial charge in [-0.25, -0.2) is 12.8 Å². The largest absolute Gasteiger partial charge is 0.333 e. The van der Waals surface area contributed by atoms with Crippen LogP contribution in [0.4, 0.5) is 10.1 Å². The first-order valence-corrected chi connectivity index (χ1v) is 13.3. The Labute approximate surface area is 193 Å². The zero-order valence-electron chi connectivity index (χ0n) is 17.6. The maximum atomic E-state index is 13.6. The molecule has 0 aliphatic carbocycles. The van der Waals surface area contributed by atoms with Gasteiger partial charge in [-0.2, -0.15) is 8.42 Å². The number of anilines is 1. The predicted molar refractivity (Wildman–Crippen MR) is 125 cm³/mol. The Bertz CT molecular complexity index is 1370. The van der Waals surface area contributed by atoms with Crippen molar-refractivity contribution in [3.8, 4) is 0 Å². The number of nitrogens with one attached hydrogen (secondary N) is 2. The van der Waals surface area contributed by atoms with Crippen molar-refractivity contribution in [1.29, 1.82) is 0 Å². The Balaban J connectivity index is 0.00000289. The van der Waals surface area contributed by atoms with Gasteiger partial charge in [0.1, 0.15) is 5.82 Å². The van der Waals surface area contributed by atoms with Gasteiger partial charge < -0.3 is 9.88 Å². The molecule has 2 N–H and O–H groups in total. The third-order valence-electron chi connectivity index (χ3n) is 5.70. The summed E-state index contributed by atoms with van der Waals surface area (Å²) in [6, 6.07) is 10.2. The minimum Gasteiger partial charge on any atom is -0.333 e. The topological polar surface area (TPSA) is 97.3 Å². The molecule has 0 atom stereocenters. The first-order valence-electron chi connectivity index (χ1n) is 9.89. The zero-order chi connectivity index (χ0) is 22.4. The van der Waals surface area contributed by atoms with Crippen LogP contribution >= 0.6 is 12.4 Å². The van der Waals surface area contributed by atoms with Gasteiger partial charge in [0.15, 0.2) is 14.9 Å². The Morgan fingerprint density at radius 2 is 1.72 bits per heavy atom. The van der Waals surface area contributed by atoms with Gasteiger partial charge >= 0.3 is 0 Å². The summed E-state index contributed by atoms with van der Waals surface area (Å²) in [5, 5.41) is 3.62. The molecule has 11 heteroatoms. The van der Waals surface area contributed by atoms with E-state index in [0.29, 0.717) is 10.9 Å². The number of sulfone groups is 1. The smallest absolute Gasteiger partial charge is 0.277 e. The third-order valence-corrected chi connectivity index (χ3v) is 8.26. The molecule has 7 nitrogen and oxygen atoms in total. The summed E-state index contributed by atoms with van der Waals surface area (Å²) >= 11 is 0. The normalized spacial score (nSPS) is 15.5. The Morgan fingerprint density at radius 1 is 1.03 bits per heavy atom. The van der Waals surface area contributed by atoms with Crippen LogP contribution in [0, 0.1) is 5.82 Å². The van der Waals surface area contributed by atoms with Crippen molar-refractivity contribution in [2.75, 3.05) is 24.1 Å². The monoisotopic (exact) mass is 501 g/mol. The van der Waals surface area contributed by atoms with Gasteiger partial charge in [-0.1, -0.05) is 6.07 Å². The van der Waals surface area contributed by atoms with E-state index in [1.165, 1.54) is 34.9 Å². The standard InChI is InChI=1S/C21H24FN3O4S2.ClH/c1-25-19-6-4-17(22)11-16(19)13-21(25)31(28,29)24-18-5-3-15(12-20(18)30(2,26)27)14-7-9-23-10-8-14;/h3-6,11-14,23-24H,7-10H2,1-2H3;1H. The van der Waals surface area contributed by atoms with Crippen LogP contribution in [0.5, 0.6) is 0 Å². The van der Waals surface area contributed by atoms with Gasteiger partial charge in [0.2, 0.25) is 0 Å². The second-order valence-electron chi connectivity index (χ2n) is 7.90. The molecule has 0 bridgehead atoms. The van der Waals surface area contributed by atoms with Gasteiger partial charge in [-0.3, -0.25) is 4.72 Å². The third kappa shape index (κ3) is 4.78. The van der Waals surface area contributed by atoms with E-state index in [0.717, 1.165) is 37.8 Å². The van der Waals surface area contributed by atoms with Gasteiger partial charge in [0.05, 0.1) is 10.6 Å². The molecule has 4 rings (SSSR count). The molecule has 0 unspecified atom stereocenters. The lowest BCUT2D eigenvalue weighted by atomic mass is 9.90. The summed E-state index contributed by atoms with van der Waals surface area (Å²) < 4.78 is 68.6. The fourth-order valence-corrected chi connectivity index (χ4v) is 6.34. The molecule has 1 aliphatic rings. The van der Waals surface area contributed by atoms with Crippen LogP contribution in [-0.4, -0.2) is 40.7 Å². The number of hydrogen-bond donors (Lipinski definition) is 2. The zero-order valence-corrected chi connectivity index (χ0v) is 20.1. The number of fused-ring (bicyclic) bond motifs is 1. The molecule has 3 aromatic rings. The summed E-state index contributed by atoms with van der Waals surface area (Å²) in [6.45, 7) is 1.71. The Morgan fingerprint density at radius 3 is 2.38 bits per heavy atom. The van der Waals surface area contributed by atoms with Gasteiger partial charge in [-0.05, 0) is 73.8 Å². The van der Waals surface area contributed by atoms with E-state index in [1.54, 1.807) is 19.2 Å². The molecule has 1 fully saturated rings. The second kappa shape index (κ2) is 9.01. The number of aromatic nitrogens is 1. The number of sulfonamides is 1. The van der Waals surface area contributed by atoms with Gasteiger partial charge in [0.25, 0.3) is 10.0 Å². The van der Waals surface area contributed by atoms with Crippen molar-refractivity contribution in [3.63, 3.8) is 0 Å². The van der Waals surface area contributed by atoms with E-state index in [-0.39, 0.29) is 33.9 Å². The predicted octanol–water partition coefficient (Wildman–Crippen LogP) is 3.41. The van der Waals surface area contributed by atoms with Gasteiger partial charge in [-0.15, -0.1) is 12.4 Å². The van der Waals surface area contributed by atoms with Crippen LogP contribution in [0.25, 0.3) is 10.9 Å². The molecule has 174 valence electrons. The lowest BCUT2D eigenvalue weighted by molar-refractivity contribution is 0.460. The highest BCUT2D eigenvalue weighted by atomic mass is 35.5. The quantitative estimate of drug-likeness (QED) is 0.558. The highest BCUT2D eigenvalue weighted by molar-refractivity contribution is 7.93. The highest BCUT2D eigenvalue weighted by Crippen LogP contribution is 2.32. The van der Waals surface area contributed by atoms with Crippen LogP contribution in [0.2, 0.25) is 0 Å². The van der Waals surface area contributed by atoms with E-state index in [9.17, 15) is 21.2 Å². The van der Waals surface area contributed by atoms with Gasteiger partial charge in [0, 0.05) is 24.2 Å². The van der Waals surface area contributed by atoms with Crippen molar-refractivity contribution in [3.05, 3.63) is 53.8 Å². The maximum absolute atomic E-state index is 13.6. The number of piperidine rings is 1. The van der Waals surface area contributed by atoms with Crippen LogP contribution in [0.3, 0.4) is 0 Å². The average Bonchev–Trinajstić information content (AvgIpc) is 3.04. The summed E-state index contributed by atoms with van der Waals surface area (Å²) in [5.41, 5.74) is 1.42. The molecular weight excluding hydrogens is 477 g/mol. The van der Waals surface area contributed by atoms with Crippen molar-refractivity contribution in [2.45, 2.75) is 28.7 Å².